The van der Waals surface area contributed by atoms with Crippen LogP contribution in [0.25, 0.3) is 5.70 Å². The zero-order valence-electron chi connectivity index (χ0n) is 17.5. The summed E-state index contributed by atoms with van der Waals surface area (Å²) >= 11 is 3.61. The standard InChI is InChI=1S/C25H18BrFN4O2/c1-32-20-11-8-15(12-18(20)26)23-21-22(30-25-28-13-29-31(23)25)17-4-2-3-5-19(17)33-24(21)14-6-9-16(27)10-7-14/h2-13,23-24H,1H3,(H,28,29,30)/t23-,24+/m1/s1. The molecule has 6 rings (SSSR count). The molecule has 1 aromatic heterocycles. The van der Waals surface area contributed by atoms with Gasteiger partial charge >= 0.3 is 0 Å². The van der Waals surface area contributed by atoms with Crippen LogP contribution in [0.15, 0.2) is 83.1 Å². The Bertz CT molecular complexity index is 1400. The maximum absolute atomic E-state index is 13.7. The van der Waals surface area contributed by atoms with Crippen molar-refractivity contribution in [2.75, 3.05) is 12.4 Å². The number of para-hydroxylation sites is 1. The second-order valence-corrected chi connectivity index (χ2v) is 8.68. The Balaban J connectivity index is 1.61. The van der Waals surface area contributed by atoms with Crippen LogP contribution < -0.4 is 14.8 Å². The van der Waals surface area contributed by atoms with Gasteiger partial charge in [-0.05, 0) is 63.5 Å². The van der Waals surface area contributed by atoms with E-state index in [4.69, 9.17) is 9.47 Å². The molecule has 164 valence electrons. The van der Waals surface area contributed by atoms with Gasteiger partial charge in [0.2, 0.25) is 5.95 Å². The number of hydrogen-bond donors (Lipinski definition) is 1. The van der Waals surface area contributed by atoms with Gasteiger partial charge in [-0.2, -0.15) is 10.1 Å². The van der Waals surface area contributed by atoms with Crippen LogP contribution in [0.4, 0.5) is 10.3 Å². The summed E-state index contributed by atoms with van der Waals surface area (Å²) < 4.78 is 28.4. The largest absolute Gasteiger partial charge is 0.496 e. The van der Waals surface area contributed by atoms with Crippen LogP contribution >= 0.6 is 15.9 Å². The molecule has 0 bridgehead atoms. The van der Waals surface area contributed by atoms with E-state index in [-0.39, 0.29) is 11.9 Å². The van der Waals surface area contributed by atoms with Gasteiger partial charge in [-0.3, -0.25) is 0 Å². The van der Waals surface area contributed by atoms with Crippen molar-refractivity contribution < 1.29 is 13.9 Å². The minimum Gasteiger partial charge on any atom is -0.496 e. The molecule has 2 aliphatic heterocycles. The number of aromatic nitrogens is 3. The lowest BCUT2D eigenvalue weighted by molar-refractivity contribution is 0.223. The molecule has 6 nitrogen and oxygen atoms in total. The molecule has 4 aromatic rings. The monoisotopic (exact) mass is 504 g/mol. The lowest BCUT2D eigenvalue weighted by Gasteiger charge is -2.39. The van der Waals surface area contributed by atoms with Crippen LogP contribution in [0.5, 0.6) is 11.5 Å². The Morgan fingerprint density at radius 2 is 1.85 bits per heavy atom. The quantitative estimate of drug-likeness (QED) is 0.385. The van der Waals surface area contributed by atoms with E-state index in [9.17, 15) is 4.39 Å². The Kier molecular flexibility index (Phi) is 4.69. The Hall–Kier alpha value is -3.65. The number of benzene rings is 3. The average Bonchev–Trinajstić information content (AvgIpc) is 3.31. The number of ether oxygens (including phenoxy) is 2. The van der Waals surface area contributed by atoms with Gasteiger partial charge < -0.3 is 14.8 Å². The first-order valence-corrected chi connectivity index (χ1v) is 11.2. The van der Waals surface area contributed by atoms with Crippen LogP contribution in [0.3, 0.4) is 0 Å². The minimum atomic E-state index is -0.453. The van der Waals surface area contributed by atoms with Gasteiger partial charge in [0.25, 0.3) is 0 Å². The van der Waals surface area contributed by atoms with E-state index in [0.29, 0.717) is 5.95 Å². The SMILES string of the molecule is COc1ccc([C@@H]2C3=C(Nc4ncnn42)c2ccccc2O[C@H]3c2ccc(F)cc2)cc1Br. The van der Waals surface area contributed by atoms with Crippen molar-refractivity contribution in [1.82, 2.24) is 14.8 Å². The smallest absolute Gasteiger partial charge is 0.226 e. The molecule has 0 aliphatic carbocycles. The van der Waals surface area contributed by atoms with Crippen molar-refractivity contribution in [2.45, 2.75) is 12.1 Å². The normalized spacial score (nSPS) is 18.5. The molecular formula is C25H18BrFN4O2. The lowest BCUT2D eigenvalue weighted by atomic mass is 9.84. The van der Waals surface area contributed by atoms with Crippen molar-refractivity contribution in [1.29, 1.82) is 0 Å². The molecule has 1 N–H and O–H groups in total. The zero-order chi connectivity index (χ0) is 22.5. The Morgan fingerprint density at radius 1 is 1.06 bits per heavy atom. The Morgan fingerprint density at radius 3 is 2.64 bits per heavy atom. The fourth-order valence-electron chi connectivity index (χ4n) is 4.50. The number of fused-ring (bicyclic) bond motifs is 3. The highest BCUT2D eigenvalue weighted by Gasteiger charge is 2.41. The van der Waals surface area contributed by atoms with Crippen molar-refractivity contribution in [3.63, 3.8) is 0 Å². The summed E-state index contributed by atoms with van der Waals surface area (Å²) in [6, 6.07) is 20.0. The highest BCUT2D eigenvalue weighted by atomic mass is 79.9. The minimum absolute atomic E-state index is 0.292. The van der Waals surface area contributed by atoms with Crippen LogP contribution in [-0.4, -0.2) is 21.9 Å². The van der Waals surface area contributed by atoms with Gasteiger partial charge in [0.15, 0.2) is 0 Å². The molecule has 2 atom stereocenters. The molecule has 0 amide bonds. The fraction of sp³-hybridized carbons (Fsp3) is 0.120. The number of methoxy groups -OCH3 is 1. The van der Waals surface area contributed by atoms with Crippen LogP contribution in [0.1, 0.15) is 28.8 Å². The predicted molar refractivity (Wildman–Crippen MR) is 126 cm³/mol. The zero-order valence-corrected chi connectivity index (χ0v) is 19.1. The van der Waals surface area contributed by atoms with Gasteiger partial charge in [-0.1, -0.05) is 30.3 Å². The third-order valence-corrected chi connectivity index (χ3v) is 6.61. The molecular weight excluding hydrogens is 487 g/mol. The first kappa shape index (κ1) is 20.0. The average molecular weight is 505 g/mol. The van der Waals surface area contributed by atoms with Gasteiger partial charge in [-0.15, -0.1) is 0 Å². The van der Waals surface area contributed by atoms with Crippen LogP contribution in [0, 0.1) is 5.82 Å². The van der Waals surface area contributed by atoms with Gasteiger partial charge in [0.05, 0.1) is 17.3 Å². The summed E-state index contributed by atoms with van der Waals surface area (Å²) in [7, 11) is 1.64. The summed E-state index contributed by atoms with van der Waals surface area (Å²) in [4.78, 5) is 4.44. The van der Waals surface area contributed by atoms with E-state index in [0.717, 1.165) is 43.9 Å². The molecule has 0 spiro atoms. The molecule has 3 heterocycles. The summed E-state index contributed by atoms with van der Waals surface area (Å²) in [5.74, 6) is 1.84. The maximum atomic E-state index is 13.7. The summed E-state index contributed by atoms with van der Waals surface area (Å²) in [6.45, 7) is 0. The van der Waals surface area contributed by atoms with E-state index < -0.39 is 6.10 Å². The lowest BCUT2D eigenvalue weighted by Crippen LogP contribution is -2.32. The fourth-order valence-corrected chi connectivity index (χ4v) is 5.06. The molecule has 0 saturated heterocycles. The molecule has 0 saturated carbocycles. The second kappa shape index (κ2) is 7.74. The van der Waals surface area contributed by atoms with Crippen molar-refractivity contribution in [3.8, 4) is 11.5 Å². The van der Waals surface area contributed by atoms with Crippen LogP contribution in [-0.2, 0) is 0 Å². The summed E-state index contributed by atoms with van der Waals surface area (Å²) in [5, 5.41) is 7.98. The number of hydrogen-bond acceptors (Lipinski definition) is 5. The summed E-state index contributed by atoms with van der Waals surface area (Å²) in [5.41, 5.74) is 4.66. The van der Waals surface area contributed by atoms with Crippen molar-refractivity contribution >= 4 is 27.6 Å². The molecule has 0 fully saturated rings. The van der Waals surface area contributed by atoms with Gasteiger partial charge in [-0.25, -0.2) is 9.07 Å². The topological polar surface area (TPSA) is 61.2 Å². The second-order valence-electron chi connectivity index (χ2n) is 7.83. The highest BCUT2D eigenvalue weighted by Crippen LogP contribution is 2.51. The first-order valence-electron chi connectivity index (χ1n) is 10.4. The molecule has 33 heavy (non-hydrogen) atoms. The van der Waals surface area contributed by atoms with Crippen molar-refractivity contribution in [3.05, 3.63) is 106 Å². The maximum Gasteiger partial charge on any atom is 0.226 e. The summed E-state index contributed by atoms with van der Waals surface area (Å²) in [6.07, 6.45) is 1.08. The highest BCUT2D eigenvalue weighted by molar-refractivity contribution is 9.10. The number of halogens is 2. The number of nitrogens with one attached hydrogen (secondary N) is 1. The van der Waals surface area contributed by atoms with Crippen LogP contribution in [0.2, 0.25) is 0 Å². The van der Waals surface area contributed by atoms with E-state index in [1.807, 2.05) is 47.1 Å². The van der Waals surface area contributed by atoms with Crippen molar-refractivity contribution in [2.24, 2.45) is 0 Å². The Labute approximate surface area is 197 Å². The molecule has 3 aromatic carbocycles. The predicted octanol–water partition coefficient (Wildman–Crippen LogP) is 5.75. The van der Waals surface area contributed by atoms with E-state index in [1.54, 1.807) is 19.2 Å². The van der Waals surface area contributed by atoms with Gasteiger partial charge in [0.1, 0.15) is 35.8 Å². The number of nitrogens with zero attached hydrogens (tertiary/aromatic N) is 3. The van der Waals surface area contributed by atoms with E-state index >= 15 is 0 Å². The molecule has 2 aliphatic rings. The number of anilines is 1. The molecule has 0 unspecified atom stereocenters. The third-order valence-electron chi connectivity index (χ3n) is 5.99. The van der Waals surface area contributed by atoms with Gasteiger partial charge in [0, 0.05) is 11.1 Å². The third kappa shape index (κ3) is 3.21. The van der Waals surface area contributed by atoms with E-state index in [2.05, 4.69) is 31.3 Å². The molecule has 8 heteroatoms. The molecule has 0 radical (unpaired) electrons. The van der Waals surface area contributed by atoms with E-state index in [1.165, 1.54) is 18.5 Å². The number of rotatable bonds is 3. The first-order chi connectivity index (χ1) is 16.1.